The van der Waals surface area contributed by atoms with E-state index in [1.54, 1.807) is 0 Å². The van der Waals surface area contributed by atoms with E-state index in [2.05, 4.69) is 0 Å². The van der Waals surface area contributed by atoms with Crippen LogP contribution >= 0.6 is 0 Å². The zero-order valence-electron chi connectivity index (χ0n) is 10.3. The molecule has 0 aromatic heterocycles. The first kappa shape index (κ1) is 12.1. The molecule has 0 aliphatic carbocycles. The lowest BCUT2D eigenvalue weighted by atomic mass is 9.96. The van der Waals surface area contributed by atoms with Gasteiger partial charge < -0.3 is 10.5 Å². The Morgan fingerprint density at radius 1 is 0.933 bits per heavy atom. The molecule has 2 N–H and O–H groups in total. The van der Waals surface area contributed by atoms with Crippen LogP contribution < -0.4 is 10.5 Å². The summed E-state index contributed by atoms with van der Waals surface area (Å²) in [6, 6.07) is 7.96. The Labute approximate surface area is 92.4 Å². The molecule has 0 radical (unpaired) electrons. The normalized spacial score (nSPS) is 12.7. The summed E-state index contributed by atoms with van der Waals surface area (Å²) in [5.41, 5.74) is 6.66. The maximum absolute atomic E-state index is 5.99. The summed E-state index contributed by atoms with van der Waals surface area (Å²) < 4.78 is 5.73. The largest absolute Gasteiger partial charge is 0.488 e. The summed E-state index contributed by atoms with van der Waals surface area (Å²) in [5, 5.41) is 0. The molecule has 2 heteroatoms. The Morgan fingerprint density at radius 3 is 1.73 bits per heavy atom. The minimum atomic E-state index is -0.291. The first-order valence-corrected chi connectivity index (χ1v) is 5.27. The molecule has 0 heterocycles. The molecule has 2 nitrogen and oxygen atoms in total. The lowest BCUT2D eigenvalue weighted by molar-refractivity contribution is 0.131. The standard InChI is InChI=1S/C13H21NO/c1-12(2,3)15-11-8-6-10(7-9-11)13(4,5)14/h6-9H,14H2,1-5H3. The smallest absolute Gasteiger partial charge is 0.120 e. The lowest BCUT2D eigenvalue weighted by Gasteiger charge is -2.23. The average Bonchev–Trinajstić information content (AvgIpc) is 2.00. The van der Waals surface area contributed by atoms with Gasteiger partial charge in [-0.1, -0.05) is 12.1 Å². The maximum Gasteiger partial charge on any atom is 0.120 e. The van der Waals surface area contributed by atoms with Gasteiger partial charge in [0, 0.05) is 5.54 Å². The number of benzene rings is 1. The number of nitrogens with two attached hydrogens (primary N) is 1. The first-order chi connectivity index (χ1) is 6.68. The van der Waals surface area contributed by atoms with Crippen LogP contribution in [0.1, 0.15) is 40.2 Å². The molecule has 0 spiro atoms. The zero-order chi connectivity index (χ0) is 11.7. The van der Waals surface area contributed by atoms with Crippen LogP contribution in [0.15, 0.2) is 24.3 Å². The highest BCUT2D eigenvalue weighted by molar-refractivity contribution is 5.31. The van der Waals surface area contributed by atoms with Crippen molar-refractivity contribution in [3.63, 3.8) is 0 Å². The molecule has 0 atom stereocenters. The fourth-order valence-electron chi connectivity index (χ4n) is 1.31. The van der Waals surface area contributed by atoms with Gasteiger partial charge in [-0.05, 0) is 52.3 Å². The summed E-state index contributed by atoms with van der Waals surface area (Å²) in [7, 11) is 0. The van der Waals surface area contributed by atoms with Crippen LogP contribution in [0.25, 0.3) is 0 Å². The molecule has 0 bridgehead atoms. The van der Waals surface area contributed by atoms with Crippen LogP contribution in [0.4, 0.5) is 0 Å². The molecule has 0 saturated heterocycles. The predicted molar refractivity (Wildman–Crippen MR) is 64.0 cm³/mol. The van der Waals surface area contributed by atoms with Gasteiger partial charge in [0.05, 0.1) is 0 Å². The molecule has 0 aliphatic heterocycles. The molecule has 15 heavy (non-hydrogen) atoms. The highest BCUT2D eigenvalue weighted by atomic mass is 16.5. The topological polar surface area (TPSA) is 35.2 Å². The van der Waals surface area contributed by atoms with Gasteiger partial charge in [0.1, 0.15) is 11.4 Å². The van der Waals surface area contributed by atoms with Crippen molar-refractivity contribution < 1.29 is 4.74 Å². The monoisotopic (exact) mass is 207 g/mol. The third kappa shape index (κ3) is 3.92. The van der Waals surface area contributed by atoms with Gasteiger partial charge in [0.15, 0.2) is 0 Å². The lowest BCUT2D eigenvalue weighted by Crippen LogP contribution is -2.28. The van der Waals surface area contributed by atoms with Gasteiger partial charge in [-0.2, -0.15) is 0 Å². The van der Waals surface area contributed by atoms with Crippen molar-refractivity contribution in [2.45, 2.75) is 45.8 Å². The second kappa shape index (κ2) is 3.86. The molecular weight excluding hydrogens is 186 g/mol. The van der Waals surface area contributed by atoms with E-state index in [-0.39, 0.29) is 11.1 Å². The second-order valence-corrected chi connectivity index (χ2v) is 5.46. The van der Waals surface area contributed by atoms with Crippen molar-refractivity contribution >= 4 is 0 Å². The molecule has 0 saturated carbocycles. The molecule has 1 rings (SSSR count). The van der Waals surface area contributed by atoms with Crippen molar-refractivity contribution in [3.05, 3.63) is 29.8 Å². The summed E-state index contributed by atoms with van der Waals surface area (Å²) >= 11 is 0. The van der Waals surface area contributed by atoms with Crippen LogP contribution in [0.3, 0.4) is 0 Å². The Kier molecular flexibility index (Phi) is 3.10. The van der Waals surface area contributed by atoms with Crippen LogP contribution in [-0.4, -0.2) is 5.60 Å². The number of rotatable bonds is 2. The minimum Gasteiger partial charge on any atom is -0.488 e. The van der Waals surface area contributed by atoms with Crippen LogP contribution in [0.5, 0.6) is 5.75 Å². The van der Waals surface area contributed by atoms with Crippen LogP contribution in [0.2, 0.25) is 0 Å². The van der Waals surface area contributed by atoms with Crippen LogP contribution in [-0.2, 0) is 5.54 Å². The minimum absolute atomic E-state index is 0.153. The summed E-state index contributed by atoms with van der Waals surface area (Å²) in [5.74, 6) is 0.885. The molecule has 0 fully saturated rings. The van der Waals surface area contributed by atoms with E-state index in [4.69, 9.17) is 10.5 Å². The summed E-state index contributed by atoms with van der Waals surface area (Å²) in [6.45, 7) is 10.1. The van der Waals surface area contributed by atoms with E-state index < -0.39 is 0 Å². The molecule has 1 aromatic rings. The van der Waals surface area contributed by atoms with Gasteiger partial charge in [0.25, 0.3) is 0 Å². The van der Waals surface area contributed by atoms with E-state index in [1.165, 1.54) is 0 Å². The molecule has 0 aliphatic rings. The second-order valence-electron chi connectivity index (χ2n) is 5.46. The zero-order valence-corrected chi connectivity index (χ0v) is 10.3. The molecule has 0 unspecified atom stereocenters. The van der Waals surface area contributed by atoms with Crippen molar-refractivity contribution in [1.29, 1.82) is 0 Å². The van der Waals surface area contributed by atoms with Crippen molar-refractivity contribution in [2.75, 3.05) is 0 Å². The summed E-state index contributed by atoms with van der Waals surface area (Å²) in [6.07, 6.45) is 0. The Hall–Kier alpha value is -1.02. The summed E-state index contributed by atoms with van der Waals surface area (Å²) in [4.78, 5) is 0. The predicted octanol–water partition coefficient (Wildman–Crippen LogP) is 3.06. The van der Waals surface area contributed by atoms with Gasteiger partial charge in [0.2, 0.25) is 0 Å². The Bertz CT molecular complexity index is 314. The van der Waals surface area contributed by atoms with Crippen molar-refractivity contribution in [3.8, 4) is 5.75 Å². The maximum atomic E-state index is 5.99. The Balaban J connectivity index is 2.82. The highest BCUT2D eigenvalue weighted by Gasteiger charge is 2.15. The van der Waals surface area contributed by atoms with Crippen molar-refractivity contribution in [1.82, 2.24) is 0 Å². The fourth-order valence-corrected chi connectivity index (χ4v) is 1.31. The van der Waals surface area contributed by atoms with Gasteiger partial charge in [-0.25, -0.2) is 0 Å². The quantitative estimate of drug-likeness (QED) is 0.809. The van der Waals surface area contributed by atoms with E-state index >= 15 is 0 Å². The van der Waals surface area contributed by atoms with Crippen molar-refractivity contribution in [2.24, 2.45) is 5.73 Å². The highest BCUT2D eigenvalue weighted by Crippen LogP contribution is 2.22. The third-order valence-corrected chi connectivity index (χ3v) is 2.02. The Morgan fingerprint density at radius 2 is 1.40 bits per heavy atom. The average molecular weight is 207 g/mol. The van der Waals surface area contributed by atoms with Gasteiger partial charge in [-0.15, -0.1) is 0 Å². The molecular formula is C13H21NO. The van der Waals surface area contributed by atoms with E-state index in [1.807, 2.05) is 58.9 Å². The molecule has 84 valence electrons. The molecule has 1 aromatic carbocycles. The van der Waals surface area contributed by atoms with Gasteiger partial charge >= 0.3 is 0 Å². The van der Waals surface area contributed by atoms with Gasteiger partial charge in [-0.3, -0.25) is 0 Å². The number of hydrogen-bond donors (Lipinski definition) is 1. The number of hydrogen-bond acceptors (Lipinski definition) is 2. The SMILES string of the molecule is CC(C)(C)Oc1ccc(C(C)(C)N)cc1. The first-order valence-electron chi connectivity index (χ1n) is 5.27. The van der Waals surface area contributed by atoms with E-state index in [0.29, 0.717) is 0 Å². The van der Waals surface area contributed by atoms with Crippen LogP contribution in [0, 0.1) is 0 Å². The third-order valence-electron chi connectivity index (χ3n) is 2.02. The van der Waals surface area contributed by atoms with E-state index in [0.717, 1.165) is 11.3 Å². The fraction of sp³-hybridized carbons (Fsp3) is 0.538. The van der Waals surface area contributed by atoms with E-state index in [9.17, 15) is 0 Å². The molecule has 0 amide bonds. The number of ether oxygens (including phenoxy) is 1.